The summed E-state index contributed by atoms with van der Waals surface area (Å²) in [6.45, 7) is 6.10. The molecule has 1 aromatic heterocycles. The van der Waals surface area contributed by atoms with Gasteiger partial charge in [0.1, 0.15) is 0 Å². The van der Waals surface area contributed by atoms with Gasteiger partial charge in [0, 0.05) is 26.2 Å². The van der Waals surface area contributed by atoms with Crippen molar-refractivity contribution in [2.24, 2.45) is 0 Å². The number of benzene rings is 1. The smallest absolute Gasteiger partial charge is 0.0907 e. The molecule has 0 saturated carbocycles. The predicted molar refractivity (Wildman–Crippen MR) is 73.9 cm³/mol. The Kier molecular flexibility index (Phi) is 2.64. The van der Waals surface area contributed by atoms with Gasteiger partial charge in [0.25, 0.3) is 0 Å². The Morgan fingerprint density at radius 2 is 2.12 bits per heavy atom. The van der Waals surface area contributed by atoms with E-state index in [-0.39, 0.29) is 0 Å². The average molecular weight is 248 g/mol. The van der Waals surface area contributed by atoms with Gasteiger partial charge in [-0.3, -0.25) is 0 Å². The molecule has 90 valence electrons. The monoisotopic (exact) mass is 248 g/mol. The minimum Gasteiger partial charge on any atom is -0.397 e. The fourth-order valence-corrected chi connectivity index (χ4v) is 3.13. The highest BCUT2D eigenvalue weighted by molar-refractivity contribution is 7.18. The van der Waals surface area contributed by atoms with Gasteiger partial charge in [-0.2, -0.15) is 0 Å². The van der Waals surface area contributed by atoms with Gasteiger partial charge < -0.3 is 16.0 Å². The lowest BCUT2D eigenvalue weighted by atomic mass is 10.2. The first kappa shape index (κ1) is 10.8. The Morgan fingerprint density at radius 3 is 2.88 bits per heavy atom. The fourth-order valence-electron chi connectivity index (χ4n) is 2.27. The third-order valence-corrected chi connectivity index (χ3v) is 4.04. The summed E-state index contributed by atoms with van der Waals surface area (Å²) in [6.07, 6.45) is 0. The molecule has 5 heteroatoms. The summed E-state index contributed by atoms with van der Waals surface area (Å²) < 4.78 is 1.18. The first-order valence-electron chi connectivity index (χ1n) is 5.86. The lowest BCUT2D eigenvalue weighted by Crippen LogP contribution is -2.43. The molecule has 1 fully saturated rings. The van der Waals surface area contributed by atoms with Crippen LogP contribution in [-0.2, 0) is 0 Å². The second-order valence-corrected chi connectivity index (χ2v) is 5.58. The van der Waals surface area contributed by atoms with Crippen molar-refractivity contribution in [2.45, 2.75) is 6.92 Å². The first-order valence-corrected chi connectivity index (χ1v) is 6.68. The van der Waals surface area contributed by atoms with Crippen molar-refractivity contribution in [1.29, 1.82) is 0 Å². The molecule has 3 N–H and O–H groups in total. The van der Waals surface area contributed by atoms with Gasteiger partial charge in [0.05, 0.1) is 26.6 Å². The van der Waals surface area contributed by atoms with Crippen LogP contribution in [0.5, 0.6) is 0 Å². The molecule has 0 amide bonds. The number of rotatable bonds is 1. The summed E-state index contributed by atoms with van der Waals surface area (Å²) in [5, 5.41) is 4.44. The van der Waals surface area contributed by atoms with Crippen molar-refractivity contribution < 1.29 is 0 Å². The summed E-state index contributed by atoms with van der Waals surface area (Å²) in [7, 11) is 0. The van der Waals surface area contributed by atoms with Crippen LogP contribution in [0.2, 0.25) is 0 Å². The van der Waals surface area contributed by atoms with Gasteiger partial charge in [-0.05, 0) is 19.1 Å². The van der Waals surface area contributed by atoms with Crippen molar-refractivity contribution >= 4 is 32.9 Å². The topological polar surface area (TPSA) is 54.2 Å². The molecule has 1 aliphatic heterocycles. The Bertz CT molecular complexity index is 543. The zero-order chi connectivity index (χ0) is 11.8. The zero-order valence-corrected chi connectivity index (χ0v) is 10.7. The van der Waals surface area contributed by atoms with E-state index in [9.17, 15) is 0 Å². The molecular weight excluding hydrogens is 232 g/mol. The van der Waals surface area contributed by atoms with Crippen LogP contribution >= 0.6 is 11.3 Å². The van der Waals surface area contributed by atoms with Crippen LogP contribution in [0.25, 0.3) is 10.2 Å². The second-order valence-electron chi connectivity index (χ2n) is 4.35. The Hall–Kier alpha value is -1.33. The molecule has 4 nitrogen and oxygen atoms in total. The number of hydrogen-bond acceptors (Lipinski definition) is 5. The Balaban J connectivity index is 2.05. The molecule has 0 aliphatic carbocycles. The standard InChI is InChI=1S/C12H16N4S/c1-8-15-10-7-11(9(13)6-12(10)17-8)16-4-2-14-3-5-16/h6-7,14H,2-5,13H2,1H3. The Labute approximate surface area is 104 Å². The Morgan fingerprint density at radius 1 is 1.35 bits per heavy atom. The van der Waals surface area contributed by atoms with Crippen molar-refractivity contribution in [1.82, 2.24) is 10.3 Å². The third kappa shape index (κ3) is 1.96. The van der Waals surface area contributed by atoms with Crippen LogP contribution in [0.4, 0.5) is 11.4 Å². The van der Waals surface area contributed by atoms with Crippen molar-refractivity contribution in [2.75, 3.05) is 36.8 Å². The number of nitrogens with one attached hydrogen (secondary N) is 1. The molecule has 0 spiro atoms. The number of fused-ring (bicyclic) bond motifs is 1. The first-order chi connectivity index (χ1) is 8.24. The highest BCUT2D eigenvalue weighted by Crippen LogP contribution is 2.32. The van der Waals surface area contributed by atoms with Crippen molar-refractivity contribution in [3.63, 3.8) is 0 Å². The molecule has 2 heterocycles. The zero-order valence-electron chi connectivity index (χ0n) is 9.86. The number of thiazole rings is 1. The van der Waals surface area contributed by atoms with Crippen LogP contribution in [-0.4, -0.2) is 31.2 Å². The summed E-state index contributed by atoms with van der Waals surface area (Å²) >= 11 is 1.70. The summed E-state index contributed by atoms with van der Waals surface area (Å²) in [5.74, 6) is 0. The molecule has 0 radical (unpaired) electrons. The fraction of sp³-hybridized carbons (Fsp3) is 0.417. The number of anilines is 2. The molecule has 1 aliphatic rings. The molecular formula is C12H16N4S. The van der Waals surface area contributed by atoms with E-state index in [1.54, 1.807) is 11.3 Å². The highest BCUT2D eigenvalue weighted by Gasteiger charge is 2.14. The molecule has 3 rings (SSSR count). The SMILES string of the molecule is Cc1nc2cc(N3CCNCC3)c(N)cc2s1. The largest absolute Gasteiger partial charge is 0.397 e. The number of piperazine rings is 1. The van der Waals surface area contributed by atoms with Gasteiger partial charge in [0.2, 0.25) is 0 Å². The molecule has 0 atom stereocenters. The molecule has 0 unspecified atom stereocenters. The number of nitrogens with two attached hydrogens (primary N) is 1. The quantitative estimate of drug-likeness (QED) is 0.753. The third-order valence-electron chi connectivity index (χ3n) is 3.10. The van der Waals surface area contributed by atoms with Crippen molar-refractivity contribution in [3.8, 4) is 0 Å². The minimum absolute atomic E-state index is 0.864. The van der Waals surface area contributed by atoms with Crippen LogP contribution < -0.4 is 16.0 Å². The van der Waals surface area contributed by atoms with Gasteiger partial charge in [0.15, 0.2) is 0 Å². The molecule has 1 aromatic carbocycles. The van der Waals surface area contributed by atoms with Crippen LogP contribution in [0.15, 0.2) is 12.1 Å². The number of hydrogen-bond donors (Lipinski definition) is 2. The van der Waals surface area contributed by atoms with E-state index in [1.807, 2.05) is 6.92 Å². The molecule has 17 heavy (non-hydrogen) atoms. The predicted octanol–water partition coefficient (Wildman–Crippen LogP) is 1.60. The number of aromatic nitrogens is 1. The second kappa shape index (κ2) is 4.16. The van der Waals surface area contributed by atoms with Gasteiger partial charge in [-0.25, -0.2) is 4.98 Å². The lowest BCUT2D eigenvalue weighted by Gasteiger charge is -2.30. The van der Waals surface area contributed by atoms with E-state index < -0.39 is 0 Å². The van der Waals surface area contributed by atoms with E-state index in [0.717, 1.165) is 48.1 Å². The maximum absolute atomic E-state index is 6.14. The summed E-state index contributed by atoms with van der Waals surface area (Å²) in [4.78, 5) is 6.86. The van der Waals surface area contributed by atoms with Gasteiger partial charge in [-0.1, -0.05) is 0 Å². The average Bonchev–Trinajstić information content (AvgIpc) is 2.68. The lowest BCUT2D eigenvalue weighted by molar-refractivity contribution is 0.590. The van der Waals surface area contributed by atoms with Crippen LogP contribution in [0, 0.1) is 6.92 Å². The molecule has 1 saturated heterocycles. The minimum atomic E-state index is 0.864. The summed E-state index contributed by atoms with van der Waals surface area (Å²) in [6, 6.07) is 4.18. The maximum Gasteiger partial charge on any atom is 0.0907 e. The maximum atomic E-state index is 6.14. The van der Waals surface area contributed by atoms with Gasteiger partial charge >= 0.3 is 0 Å². The van der Waals surface area contributed by atoms with E-state index in [2.05, 4.69) is 27.3 Å². The summed E-state index contributed by atoms with van der Waals surface area (Å²) in [5.41, 5.74) is 9.20. The van der Waals surface area contributed by atoms with E-state index in [1.165, 1.54) is 4.70 Å². The van der Waals surface area contributed by atoms with E-state index >= 15 is 0 Å². The van der Waals surface area contributed by atoms with Crippen LogP contribution in [0.1, 0.15) is 5.01 Å². The number of nitrogens with zero attached hydrogens (tertiary/aromatic N) is 2. The molecule has 2 aromatic rings. The van der Waals surface area contributed by atoms with Gasteiger partial charge in [-0.15, -0.1) is 11.3 Å². The molecule has 0 bridgehead atoms. The normalized spacial score (nSPS) is 16.6. The number of nitrogen functional groups attached to an aromatic ring is 1. The van der Waals surface area contributed by atoms with E-state index in [0.29, 0.717) is 0 Å². The highest BCUT2D eigenvalue weighted by atomic mass is 32.1. The van der Waals surface area contributed by atoms with Crippen molar-refractivity contribution in [3.05, 3.63) is 17.1 Å². The van der Waals surface area contributed by atoms with E-state index in [4.69, 9.17) is 5.73 Å². The van der Waals surface area contributed by atoms with Crippen LogP contribution in [0.3, 0.4) is 0 Å². The number of aryl methyl sites for hydroxylation is 1.